The average molecular weight is 247 g/mol. The number of rotatable bonds is 1. The highest BCUT2D eigenvalue weighted by atomic mass is 16.6. The number of hydrogen-bond acceptors (Lipinski definition) is 2. The third-order valence-corrected chi connectivity index (χ3v) is 6.49. The Kier molecular flexibility index (Phi) is 2.43. The maximum absolute atomic E-state index is 9.20. The van der Waals surface area contributed by atoms with Gasteiger partial charge in [0.05, 0.1) is 17.8 Å². The molecule has 0 aromatic carbocycles. The second-order valence-corrected chi connectivity index (χ2v) is 7.84. The number of nitriles is 1. The van der Waals surface area contributed by atoms with E-state index in [0.717, 1.165) is 5.92 Å². The van der Waals surface area contributed by atoms with Gasteiger partial charge in [-0.05, 0) is 42.9 Å². The summed E-state index contributed by atoms with van der Waals surface area (Å²) in [7, 11) is 0. The molecule has 0 amide bonds. The SMILES string of the molecule is CC1(C)CCC[C@]2(C)[C@@H]1C[C@@H]1O[C@]1(C)[C@@H]2CC#N. The minimum atomic E-state index is 0.00833. The molecule has 2 saturated carbocycles. The lowest BCUT2D eigenvalue weighted by atomic mass is 9.46. The fraction of sp³-hybridized carbons (Fsp3) is 0.938. The van der Waals surface area contributed by atoms with Gasteiger partial charge in [-0.1, -0.05) is 27.2 Å². The van der Waals surface area contributed by atoms with Crippen molar-refractivity contribution < 1.29 is 4.74 Å². The third kappa shape index (κ3) is 1.43. The van der Waals surface area contributed by atoms with Crippen LogP contribution in [-0.2, 0) is 4.74 Å². The molecule has 2 nitrogen and oxygen atoms in total. The standard InChI is InChI=1S/C16H25NO/c1-14(2)7-5-8-15(3)11(6-9-17)16(4)13(18-16)10-12(14)15/h11-13H,5-8,10H2,1-4H3/t11-,12-,13+,15+,16-/m1/s1. The normalized spacial score (nSPS) is 52.9. The van der Waals surface area contributed by atoms with Crippen molar-refractivity contribution in [2.24, 2.45) is 22.7 Å². The number of nitrogens with zero attached hydrogens (tertiary/aromatic N) is 1. The number of fused-ring (bicyclic) bond motifs is 2. The zero-order chi connectivity index (χ0) is 13.2. The Labute approximate surface area is 111 Å². The maximum atomic E-state index is 9.20. The van der Waals surface area contributed by atoms with Gasteiger partial charge >= 0.3 is 0 Å². The van der Waals surface area contributed by atoms with Crippen molar-refractivity contribution in [3.8, 4) is 6.07 Å². The van der Waals surface area contributed by atoms with Crippen LogP contribution in [0.5, 0.6) is 0 Å². The first-order valence-electron chi connectivity index (χ1n) is 7.39. The average Bonchev–Trinajstić information content (AvgIpc) is 2.92. The van der Waals surface area contributed by atoms with Gasteiger partial charge in [0.25, 0.3) is 0 Å². The minimum absolute atomic E-state index is 0.00833. The van der Waals surface area contributed by atoms with E-state index in [-0.39, 0.29) is 5.60 Å². The van der Waals surface area contributed by atoms with Crippen LogP contribution in [0, 0.1) is 34.0 Å². The van der Waals surface area contributed by atoms with E-state index in [4.69, 9.17) is 4.74 Å². The zero-order valence-corrected chi connectivity index (χ0v) is 12.1. The number of epoxide rings is 1. The number of hydrogen-bond donors (Lipinski definition) is 0. The van der Waals surface area contributed by atoms with Gasteiger partial charge in [0, 0.05) is 12.3 Å². The van der Waals surface area contributed by atoms with Crippen LogP contribution < -0.4 is 0 Å². The largest absolute Gasteiger partial charge is 0.366 e. The molecule has 0 spiro atoms. The molecule has 2 aliphatic carbocycles. The van der Waals surface area contributed by atoms with E-state index in [1.165, 1.54) is 25.7 Å². The summed E-state index contributed by atoms with van der Waals surface area (Å²) in [4.78, 5) is 0. The summed E-state index contributed by atoms with van der Waals surface area (Å²) in [6.07, 6.45) is 6.21. The van der Waals surface area contributed by atoms with E-state index in [0.29, 0.717) is 29.3 Å². The van der Waals surface area contributed by atoms with E-state index in [2.05, 4.69) is 33.8 Å². The van der Waals surface area contributed by atoms with E-state index in [9.17, 15) is 5.26 Å². The van der Waals surface area contributed by atoms with Gasteiger partial charge < -0.3 is 4.74 Å². The summed E-state index contributed by atoms with van der Waals surface area (Å²) < 4.78 is 6.03. The van der Waals surface area contributed by atoms with Crippen molar-refractivity contribution in [1.29, 1.82) is 5.26 Å². The van der Waals surface area contributed by atoms with Crippen molar-refractivity contribution in [2.75, 3.05) is 0 Å². The Balaban J connectivity index is 2.00. The Morgan fingerprint density at radius 1 is 1.22 bits per heavy atom. The van der Waals surface area contributed by atoms with Gasteiger partial charge in [-0.3, -0.25) is 0 Å². The van der Waals surface area contributed by atoms with Crippen LogP contribution >= 0.6 is 0 Å². The fourth-order valence-corrected chi connectivity index (χ4v) is 5.43. The molecule has 0 N–H and O–H groups in total. The highest BCUT2D eigenvalue weighted by molar-refractivity contribution is 5.18. The number of ether oxygens (including phenoxy) is 1. The van der Waals surface area contributed by atoms with Crippen LogP contribution in [0.15, 0.2) is 0 Å². The van der Waals surface area contributed by atoms with Crippen LogP contribution in [0.2, 0.25) is 0 Å². The second kappa shape index (κ2) is 3.51. The molecule has 18 heavy (non-hydrogen) atoms. The highest BCUT2D eigenvalue weighted by Gasteiger charge is 2.69. The first-order chi connectivity index (χ1) is 8.34. The van der Waals surface area contributed by atoms with Crippen molar-refractivity contribution in [3.63, 3.8) is 0 Å². The molecule has 2 heteroatoms. The topological polar surface area (TPSA) is 36.3 Å². The first kappa shape index (κ1) is 12.5. The molecule has 5 atom stereocenters. The quantitative estimate of drug-likeness (QED) is 0.659. The van der Waals surface area contributed by atoms with Crippen LogP contribution in [0.25, 0.3) is 0 Å². The fourth-order valence-electron chi connectivity index (χ4n) is 5.43. The van der Waals surface area contributed by atoms with E-state index in [1.807, 2.05) is 0 Å². The summed E-state index contributed by atoms with van der Waals surface area (Å²) >= 11 is 0. The van der Waals surface area contributed by atoms with Crippen molar-refractivity contribution >= 4 is 0 Å². The Bertz CT molecular complexity index is 410. The van der Waals surface area contributed by atoms with Crippen LogP contribution in [0.4, 0.5) is 0 Å². The summed E-state index contributed by atoms with van der Waals surface area (Å²) in [6.45, 7) is 9.51. The molecule has 3 rings (SSSR count). The van der Waals surface area contributed by atoms with E-state index >= 15 is 0 Å². The molecule has 0 radical (unpaired) electrons. The predicted molar refractivity (Wildman–Crippen MR) is 70.8 cm³/mol. The molecule has 1 heterocycles. The summed E-state index contributed by atoms with van der Waals surface area (Å²) in [5, 5.41) is 9.20. The molecular weight excluding hydrogens is 222 g/mol. The van der Waals surface area contributed by atoms with Crippen molar-refractivity contribution in [3.05, 3.63) is 0 Å². The van der Waals surface area contributed by atoms with Crippen molar-refractivity contribution in [2.45, 2.75) is 71.5 Å². The third-order valence-electron chi connectivity index (χ3n) is 6.49. The van der Waals surface area contributed by atoms with Gasteiger partial charge in [-0.15, -0.1) is 0 Å². The maximum Gasteiger partial charge on any atom is 0.0963 e. The monoisotopic (exact) mass is 247 g/mol. The summed E-state index contributed by atoms with van der Waals surface area (Å²) in [5.41, 5.74) is 0.724. The zero-order valence-electron chi connectivity index (χ0n) is 12.1. The smallest absolute Gasteiger partial charge is 0.0963 e. The van der Waals surface area contributed by atoms with Crippen molar-refractivity contribution in [1.82, 2.24) is 0 Å². The van der Waals surface area contributed by atoms with Crippen LogP contribution in [-0.4, -0.2) is 11.7 Å². The van der Waals surface area contributed by atoms with Gasteiger partial charge in [0.15, 0.2) is 0 Å². The molecule has 100 valence electrons. The van der Waals surface area contributed by atoms with E-state index in [1.54, 1.807) is 0 Å². The van der Waals surface area contributed by atoms with Gasteiger partial charge in [0.2, 0.25) is 0 Å². The highest BCUT2D eigenvalue weighted by Crippen LogP contribution is 2.68. The van der Waals surface area contributed by atoms with Gasteiger partial charge in [-0.25, -0.2) is 0 Å². The summed E-state index contributed by atoms with van der Waals surface area (Å²) in [5.74, 6) is 1.15. The minimum Gasteiger partial charge on any atom is -0.366 e. The molecule has 0 aromatic rings. The molecule has 1 saturated heterocycles. The first-order valence-corrected chi connectivity index (χ1v) is 7.39. The lowest BCUT2D eigenvalue weighted by molar-refractivity contribution is -0.0754. The molecular formula is C16H25NO. The molecule has 3 fully saturated rings. The van der Waals surface area contributed by atoms with Crippen LogP contribution in [0.1, 0.15) is 59.8 Å². The molecule has 0 aromatic heterocycles. The lowest BCUT2D eigenvalue weighted by Gasteiger charge is -2.57. The molecule has 1 aliphatic heterocycles. The Morgan fingerprint density at radius 2 is 1.94 bits per heavy atom. The van der Waals surface area contributed by atoms with Gasteiger partial charge in [-0.2, -0.15) is 5.26 Å². The predicted octanol–water partition coefficient (Wildman–Crippen LogP) is 3.91. The Morgan fingerprint density at radius 3 is 2.61 bits per heavy atom. The van der Waals surface area contributed by atoms with Gasteiger partial charge in [0.1, 0.15) is 0 Å². The van der Waals surface area contributed by atoms with Crippen LogP contribution in [0.3, 0.4) is 0 Å². The second-order valence-electron chi connectivity index (χ2n) is 7.84. The lowest BCUT2D eigenvalue weighted by Crippen LogP contribution is -2.54. The molecule has 0 bridgehead atoms. The van der Waals surface area contributed by atoms with E-state index < -0.39 is 0 Å². The molecule has 3 aliphatic rings. The summed E-state index contributed by atoms with van der Waals surface area (Å²) in [6, 6.07) is 2.43. The molecule has 0 unspecified atom stereocenters. The Hall–Kier alpha value is -0.550.